The van der Waals surface area contributed by atoms with Gasteiger partial charge in [-0.3, -0.25) is 4.79 Å². The van der Waals surface area contributed by atoms with Crippen LogP contribution < -0.4 is 5.32 Å². The van der Waals surface area contributed by atoms with E-state index >= 15 is 0 Å². The van der Waals surface area contributed by atoms with Gasteiger partial charge in [-0.05, 0) is 33.6 Å². The standard InChI is InChI=1S/C11H13BrFNO3/c1-6(15)14-5-10(16)11(17)7-2-3-8(12)9(13)4-7/h2-4,10-11,16-17H,5H2,1H3,(H,14,15). The molecule has 1 aromatic carbocycles. The van der Waals surface area contributed by atoms with E-state index in [1.165, 1.54) is 19.1 Å². The van der Waals surface area contributed by atoms with E-state index in [-0.39, 0.29) is 22.5 Å². The number of hydrogen-bond acceptors (Lipinski definition) is 3. The predicted octanol–water partition coefficient (Wildman–Crippen LogP) is 1.12. The average molecular weight is 306 g/mol. The molecule has 4 nitrogen and oxygen atoms in total. The molecule has 0 radical (unpaired) electrons. The van der Waals surface area contributed by atoms with Gasteiger partial charge in [0.25, 0.3) is 0 Å². The highest BCUT2D eigenvalue weighted by molar-refractivity contribution is 9.10. The molecule has 2 unspecified atom stereocenters. The van der Waals surface area contributed by atoms with E-state index in [2.05, 4.69) is 21.2 Å². The summed E-state index contributed by atoms with van der Waals surface area (Å²) in [6.07, 6.45) is -2.43. The fourth-order valence-electron chi connectivity index (χ4n) is 1.28. The Hall–Kier alpha value is -0.980. The van der Waals surface area contributed by atoms with Crippen LogP contribution in [0.5, 0.6) is 0 Å². The summed E-state index contributed by atoms with van der Waals surface area (Å²) in [6, 6.07) is 4.07. The Kier molecular flexibility index (Phi) is 5.04. The number of carbonyl (C=O) groups is 1. The smallest absolute Gasteiger partial charge is 0.216 e. The van der Waals surface area contributed by atoms with E-state index < -0.39 is 18.0 Å². The Labute approximate surface area is 107 Å². The molecule has 17 heavy (non-hydrogen) atoms. The van der Waals surface area contributed by atoms with Crippen LogP contribution in [-0.2, 0) is 4.79 Å². The van der Waals surface area contributed by atoms with E-state index in [0.29, 0.717) is 0 Å². The van der Waals surface area contributed by atoms with Crippen LogP contribution in [0.3, 0.4) is 0 Å². The van der Waals surface area contributed by atoms with Gasteiger partial charge in [-0.2, -0.15) is 0 Å². The second-order valence-corrected chi connectivity index (χ2v) is 4.48. The predicted molar refractivity (Wildman–Crippen MR) is 63.8 cm³/mol. The van der Waals surface area contributed by atoms with Crippen molar-refractivity contribution in [3.8, 4) is 0 Å². The van der Waals surface area contributed by atoms with E-state index in [4.69, 9.17) is 0 Å². The number of amides is 1. The molecule has 0 fully saturated rings. The van der Waals surface area contributed by atoms with Crippen molar-refractivity contribution >= 4 is 21.8 Å². The first kappa shape index (κ1) is 14.1. The molecule has 1 amide bonds. The molecule has 0 aliphatic rings. The maximum atomic E-state index is 13.2. The lowest BCUT2D eigenvalue weighted by molar-refractivity contribution is -0.119. The summed E-state index contributed by atoms with van der Waals surface area (Å²) >= 11 is 2.99. The van der Waals surface area contributed by atoms with Gasteiger partial charge in [-0.15, -0.1) is 0 Å². The molecule has 2 atom stereocenters. The summed E-state index contributed by atoms with van der Waals surface area (Å²) in [7, 11) is 0. The molecule has 1 rings (SSSR count). The molecule has 94 valence electrons. The Morgan fingerprint density at radius 3 is 2.71 bits per heavy atom. The zero-order valence-corrected chi connectivity index (χ0v) is 10.7. The van der Waals surface area contributed by atoms with Crippen LogP contribution in [0.25, 0.3) is 0 Å². The molecule has 0 saturated carbocycles. The number of benzene rings is 1. The zero-order chi connectivity index (χ0) is 13.0. The minimum Gasteiger partial charge on any atom is -0.388 e. The van der Waals surface area contributed by atoms with Crippen LogP contribution in [-0.4, -0.2) is 28.8 Å². The number of aliphatic hydroxyl groups is 2. The number of hydrogen-bond donors (Lipinski definition) is 3. The van der Waals surface area contributed by atoms with Gasteiger partial charge >= 0.3 is 0 Å². The first-order valence-corrected chi connectivity index (χ1v) is 5.76. The monoisotopic (exact) mass is 305 g/mol. The number of aliphatic hydroxyl groups excluding tert-OH is 2. The molecule has 3 N–H and O–H groups in total. The Bertz CT molecular complexity index is 414. The molecule has 0 saturated heterocycles. The van der Waals surface area contributed by atoms with Crippen molar-refractivity contribution in [2.45, 2.75) is 19.1 Å². The van der Waals surface area contributed by atoms with Gasteiger partial charge in [-0.1, -0.05) is 6.07 Å². The highest BCUT2D eigenvalue weighted by Crippen LogP contribution is 2.22. The average Bonchev–Trinajstić information content (AvgIpc) is 2.28. The van der Waals surface area contributed by atoms with Crippen LogP contribution in [0.1, 0.15) is 18.6 Å². The number of halogens is 2. The largest absolute Gasteiger partial charge is 0.388 e. The van der Waals surface area contributed by atoms with Crippen LogP contribution in [0.2, 0.25) is 0 Å². The maximum absolute atomic E-state index is 13.2. The van der Waals surface area contributed by atoms with Gasteiger partial charge in [0, 0.05) is 13.5 Å². The zero-order valence-electron chi connectivity index (χ0n) is 9.15. The molecule has 0 bridgehead atoms. The van der Waals surface area contributed by atoms with E-state index in [1.807, 2.05) is 0 Å². The molecule has 1 aromatic rings. The lowest BCUT2D eigenvalue weighted by atomic mass is 10.0. The molecule has 0 heterocycles. The molecular formula is C11H13BrFNO3. The first-order valence-electron chi connectivity index (χ1n) is 4.97. The molecule has 0 aromatic heterocycles. The quantitative estimate of drug-likeness (QED) is 0.781. The van der Waals surface area contributed by atoms with Crippen molar-refractivity contribution in [1.29, 1.82) is 0 Å². The molecular weight excluding hydrogens is 293 g/mol. The van der Waals surface area contributed by atoms with Gasteiger partial charge in [0.2, 0.25) is 5.91 Å². The highest BCUT2D eigenvalue weighted by atomic mass is 79.9. The Morgan fingerprint density at radius 1 is 1.53 bits per heavy atom. The van der Waals surface area contributed by atoms with Crippen LogP contribution in [0.15, 0.2) is 22.7 Å². The van der Waals surface area contributed by atoms with Crippen molar-refractivity contribution < 1.29 is 19.4 Å². The van der Waals surface area contributed by atoms with Crippen LogP contribution >= 0.6 is 15.9 Å². The topological polar surface area (TPSA) is 69.6 Å². The van der Waals surface area contributed by atoms with Gasteiger partial charge in [0.1, 0.15) is 18.0 Å². The minimum atomic E-state index is -1.25. The summed E-state index contributed by atoms with van der Waals surface area (Å²) in [5.41, 5.74) is 0.253. The van der Waals surface area contributed by atoms with E-state index in [0.717, 1.165) is 6.07 Å². The van der Waals surface area contributed by atoms with Crippen molar-refractivity contribution in [3.05, 3.63) is 34.1 Å². The Balaban J connectivity index is 2.70. The van der Waals surface area contributed by atoms with Crippen molar-refractivity contribution in [2.75, 3.05) is 6.54 Å². The summed E-state index contributed by atoms with van der Waals surface area (Å²) in [5, 5.41) is 21.7. The number of rotatable bonds is 4. The third kappa shape index (κ3) is 4.07. The third-order valence-corrected chi connectivity index (χ3v) is 2.85. The van der Waals surface area contributed by atoms with Gasteiger partial charge in [0.05, 0.1) is 4.47 Å². The van der Waals surface area contributed by atoms with Crippen LogP contribution in [0.4, 0.5) is 4.39 Å². The highest BCUT2D eigenvalue weighted by Gasteiger charge is 2.19. The summed E-state index contributed by atoms with van der Waals surface area (Å²) in [6.45, 7) is 1.21. The van der Waals surface area contributed by atoms with Crippen molar-refractivity contribution in [3.63, 3.8) is 0 Å². The van der Waals surface area contributed by atoms with E-state index in [1.54, 1.807) is 0 Å². The summed E-state index contributed by atoms with van der Waals surface area (Å²) in [4.78, 5) is 10.6. The van der Waals surface area contributed by atoms with Gasteiger partial charge < -0.3 is 15.5 Å². The number of nitrogens with one attached hydrogen (secondary N) is 1. The third-order valence-electron chi connectivity index (χ3n) is 2.21. The molecule has 0 aliphatic carbocycles. The van der Waals surface area contributed by atoms with E-state index in [9.17, 15) is 19.4 Å². The molecule has 0 spiro atoms. The fourth-order valence-corrected chi connectivity index (χ4v) is 1.53. The maximum Gasteiger partial charge on any atom is 0.216 e. The van der Waals surface area contributed by atoms with Crippen molar-refractivity contribution in [2.24, 2.45) is 0 Å². The van der Waals surface area contributed by atoms with Crippen molar-refractivity contribution in [1.82, 2.24) is 5.32 Å². The first-order chi connectivity index (χ1) is 7.91. The molecule has 6 heteroatoms. The second-order valence-electron chi connectivity index (χ2n) is 3.62. The lowest BCUT2D eigenvalue weighted by Crippen LogP contribution is -2.34. The number of carbonyl (C=O) groups excluding carboxylic acids is 1. The minimum absolute atomic E-state index is 0.0891. The van der Waals surface area contributed by atoms with Gasteiger partial charge in [-0.25, -0.2) is 4.39 Å². The fraction of sp³-hybridized carbons (Fsp3) is 0.364. The Morgan fingerprint density at radius 2 is 2.18 bits per heavy atom. The lowest BCUT2D eigenvalue weighted by Gasteiger charge is -2.18. The van der Waals surface area contributed by atoms with Crippen LogP contribution in [0, 0.1) is 5.82 Å². The SMILES string of the molecule is CC(=O)NCC(O)C(O)c1ccc(Br)c(F)c1. The second kappa shape index (κ2) is 6.09. The molecule has 0 aliphatic heterocycles. The summed E-state index contributed by atoms with van der Waals surface area (Å²) in [5.74, 6) is -0.827. The summed E-state index contributed by atoms with van der Waals surface area (Å²) < 4.78 is 13.5. The normalized spacial score (nSPS) is 14.2. The van der Waals surface area contributed by atoms with Gasteiger partial charge in [0.15, 0.2) is 0 Å².